The highest BCUT2D eigenvalue weighted by Crippen LogP contribution is 2.21. The highest BCUT2D eigenvalue weighted by Gasteiger charge is 2.36. The van der Waals surface area contributed by atoms with E-state index in [0.29, 0.717) is 25.9 Å². The molecule has 1 aliphatic heterocycles. The van der Waals surface area contributed by atoms with Crippen molar-refractivity contribution < 1.29 is 23.1 Å². The number of sulfonamides is 1. The zero-order valence-electron chi connectivity index (χ0n) is 10.1. The SMILES string of the molecule is COC(=O)C(C)S(=O)(=O)N1CCC(CO)CC1. The summed E-state index contributed by atoms with van der Waals surface area (Å²) in [4.78, 5) is 11.3. The maximum Gasteiger partial charge on any atom is 0.325 e. The van der Waals surface area contributed by atoms with Crippen LogP contribution in [0.15, 0.2) is 0 Å². The molecule has 1 aliphatic rings. The third-order valence-electron chi connectivity index (χ3n) is 3.17. The first-order chi connectivity index (χ1) is 7.93. The van der Waals surface area contributed by atoms with Crippen LogP contribution in [0.1, 0.15) is 19.8 Å². The van der Waals surface area contributed by atoms with Crippen molar-refractivity contribution >= 4 is 16.0 Å². The molecule has 0 bridgehead atoms. The molecule has 0 radical (unpaired) electrons. The van der Waals surface area contributed by atoms with Crippen molar-refractivity contribution in [2.75, 3.05) is 26.8 Å². The number of esters is 1. The standard InChI is InChI=1S/C10H19NO5S/c1-8(10(13)16-2)17(14,15)11-5-3-9(7-12)4-6-11/h8-9,12H,3-7H2,1-2H3. The van der Waals surface area contributed by atoms with Crippen LogP contribution in [0.4, 0.5) is 0 Å². The number of hydrogen-bond acceptors (Lipinski definition) is 5. The van der Waals surface area contributed by atoms with Crippen LogP contribution in [0.25, 0.3) is 0 Å². The monoisotopic (exact) mass is 265 g/mol. The number of aliphatic hydroxyl groups is 1. The largest absolute Gasteiger partial charge is 0.468 e. The predicted octanol–water partition coefficient (Wildman–Crippen LogP) is -0.418. The molecular weight excluding hydrogens is 246 g/mol. The fourth-order valence-corrected chi connectivity index (χ4v) is 3.36. The first-order valence-electron chi connectivity index (χ1n) is 5.61. The van der Waals surface area contributed by atoms with E-state index in [-0.39, 0.29) is 12.5 Å². The molecule has 17 heavy (non-hydrogen) atoms. The van der Waals surface area contributed by atoms with Gasteiger partial charge in [-0.05, 0) is 25.7 Å². The molecule has 1 fully saturated rings. The lowest BCUT2D eigenvalue weighted by Gasteiger charge is -2.31. The van der Waals surface area contributed by atoms with Crippen LogP contribution in [0.2, 0.25) is 0 Å². The molecule has 6 nitrogen and oxygen atoms in total. The fraction of sp³-hybridized carbons (Fsp3) is 0.900. The van der Waals surface area contributed by atoms with Gasteiger partial charge in [-0.25, -0.2) is 12.7 Å². The number of rotatable bonds is 4. The smallest absolute Gasteiger partial charge is 0.325 e. The second-order valence-corrected chi connectivity index (χ2v) is 6.49. The molecule has 0 saturated carbocycles. The number of piperidine rings is 1. The summed E-state index contributed by atoms with van der Waals surface area (Å²) >= 11 is 0. The van der Waals surface area contributed by atoms with Gasteiger partial charge in [-0.2, -0.15) is 0 Å². The van der Waals surface area contributed by atoms with E-state index in [1.54, 1.807) is 0 Å². The Morgan fingerprint density at radius 2 is 2.00 bits per heavy atom. The molecule has 100 valence electrons. The van der Waals surface area contributed by atoms with Gasteiger partial charge in [0, 0.05) is 19.7 Å². The zero-order chi connectivity index (χ0) is 13.1. The second-order valence-electron chi connectivity index (χ2n) is 4.24. The van der Waals surface area contributed by atoms with Crippen LogP contribution in [0.3, 0.4) is 0 Å². The number of ether oxygens (including phenoxy) is 1. The van der Waals surface area contributed by atoms with Gasteiger partial charge in [-0.1, -0.05) is 0 Å². The zero-order valence-corrected chi connectivity index (χ0v) is 10.9. The van der Waals surface area contributed by atoms with Gasteiger partial charge in [-0.3, -0.25) is 4.79 Å². The van der Waals surface area contributed by atoms with Gasteiger partial charge in [0.2, 0.25) is 10.0 Å². The van der Waals surface area contributed by atoms with Gasteiger partial charge in [0.05, 0.1) is 7.11 Å². The van der Waals surface area contributed by atoms with E-state index in [0.717, 1.165) is 0 Å². The molecule has 7 heteroatoms. The van der Waals surface area contributed by atoms with Crippen molar-refractivity contribution in [2.45, 2.75) is 25.0 Å². The topological polar surface area (TPSA) is 83.9 Å². The summed E-state index contributed by atoms with van der Waals surface area (Å²) in [6.07, 6.45) is 1.26. The molecule has 1 N–H and O–H groups in total. The van der Waals surface area contributed by atoms with Crippen LogP contribution in [0, 0.1) is 5.92 Å². The fourth-order valence-electron chi connectivity index (χ4n) is 1.86. The Kier molecular flexibility index (Phi) is 4.91. The molecule has 1 unspecified atom stereocenters. The lowest BCUT2D eigenvalue weighted by molar-refractivity contribution is -0.139. The average molecular weight is 265 g/mol. The number of methoxy groups -OCH3 is 1. The molecule has 1 atom stereocenters. The van der Waals surface area contributed by atoms with Crippen LogP contribution >= 0.6 is 0 Å². The average Bonchev–Trinajstić information content (AvgIpc) is 2.36. The first kappa shape index (κ1) is 14.4. The van der Waals surface area contributed by atoms with E-state index in [4.69, 9.17) is 5.11 Å². The number of carbonyl (C=O) groups excluding carboxylic acids is 1. The summed E-state index contributed by atoms with van der Waals surface area (Å²) < 4.78 is 29.8. The lowest BCUT2D eigenvalue weighted by Crippen LogP contribution is -2.45. The predicted molar refractivity (Wildman–Crippen MR) is 61.8 cm³/mol. The Morgan fingerprint density at radius 1 is 1.47 bits per heavy atom. The van der Waals surface area contributed by atoms with Crippen molar-refractivity contribution in [1.82, 2.24) is 4.31 Å². The minimum atomic E-state index is -3.63. The van der Waals surface area contributed by atoms with Gasteiger partial charge >= 0.3 is 5.97 Å². The number of carbonyl (C=O) groups is 1. The highest BCUT2D eigenvalue weighted by molar-refractivity contribution is 7.90. The molecule has 1 rings (SSSR count). The van der Waals surface area contributed by atoms with E-state index in [1.165, 1.54) is 18.3 Å². The van der Waals surface area contributed by atoms with E-state index < -0.39 is 21.2 Å². The molecule has 0 amide bonds. The van der Waals surface area contributed by atoms with Gasteiger partial charge < -0.3 is 9.84 Å². The molecular formula is C10H19NO5S. The Labute approximate surface area is 102 Å². The first-order valence-corrected chi connectivity index (χ1v) is 7.11. The Hall–Kier alpha value is -0.660. The summed E-state index contributed by atoms with van der Waals surface area (Å²) in [5.74, 6) is -0.579. The van der Waals surface area contributed by atoms with Crippen molar-refractivity contribution in [3.8, 4) is 0 Å². The minimum Gasteiger partial charge on any atom is -0.468 e. The van der Waals surface area contributed by atoms with E-state index in [2.05, 4.69) is 4.74 Å². The van der Waals surface area contributed by atoms with Crippen LogP contribution in [0.5, 0.6) is 0 Å². The quantitative estimate of drug-likeness (QED) is 0.698. The molecule has 1 heterocycles. The van der Waals surface area contributed by atoms with Gasteiger partial charge in [-0.15, -0.1) is 0 Å². The van der Waals surface area contributed by atoms with Gasteiger partial charge in [0.15, 0.2) is 5.25 Å². The van der Waals surface area contributed by atoms with Gasteiger partial charge in [0.1, 0.15) is 0 Å². The Bertz CT molecular complexity index is 359. The van der Waals surface area contributed by atoms with E-state index in [9.17, 15) is 13.2 Å². The lowest BCUT2D eigenvalue weighted by atomic mass is 10.00. The van der Waals surface area contributed by atoms with E-state index in [1.807, 2.05) is 0 Å². The van der Waals surface area contributed by atoms with E-state index >= 15 is 0 Å². The summed E-state index contributed by atoms with van der Waals surface area (Å²) in [6.45, 7) is 2.13. The highest BCUT2D eigenvalue weighted by atomic mass is 32.2. The van der Waals surface area contributed by atoms with Crippen molar-refractivity contribution in [3.05, 3.63) is 0 Å². The van der Waals surface area contributed by atoms with Crippen molar-refractivity contribution in [2.24, 2.45) is 5.92 Å². The van der Waals surface area contributed by atoms with Crippen LogP contribution in [-0.4, -0.2) is 55.9 Å². The summed E-state index contributed by atoms with van der Waals surface area (Å²) in [5, 5.41) is 7.81. The molecule has 0 aromatic carbocycles. The summed E-state index contributed by atoms with van der Waals surface area (Å²) in [6, 6.07) is 0. The summed E-state index contributed by atoms with van der Waals surface area (Å²) in [7, 11) is -2.45. The minimum absolute atomic E-state index is 0.0838. The third kappa shape index (κ3) is 3.17. The normalized spacial score (nSPS) is 21.1. The maximum absolute atomic E-state index is 12.0. The molecule has 0 aromatic heterocycles. The number of hydrogen-bond donors (Lipinski definition) is 1. The van der Waals surface area contributed by atoms with Gasteiger partial charge in [0.25, 0.3) is 0 Å². The summed E-state index contributed by atoms with van der Waals surface area (Å²) in [5.41, 5.74) is 0. The molecule has 0 aromatic rings. The Balaban J connectivity index is 2.69. The second kappa shape index (κ2) is 5.79. The molecule has 1 saturated heterocycles. The Morgan fingerprint density at radius 3 is 2.41 bits per heavy atom. The van der Waals surface area contributed by atoms with Crippen molar-refractivity contribution in [3.63, 3.8) is 0 Å². The number of aliphatic hydroxyl groups excluding tert-OH is 1. The molecule has 0 aliphatic carbocycles. The van der Waals surface area contributed by atoms with Crippen molar-refractivity contribution in [1.29, 1.82) is 0 Å². The van der Waals surface area contributed by atoms with Crippen LogP contribution in [-0.2, 0) is 19.6 Å². The number of nitrogens with zero attached hydrogens (tertiary/aromatic N) is 1. The third-order valence-corrected chi connectivity index (χ3v) is 5.34. The maximum atomic E-state index is 12.0. The van der Waals surface area contributed by atoms with Crippen LogP contribution < -0.4 is 0 Å². The molecule has 0 spiro atoms.